The number of nitrogens with zero attached hydrogens (tertiary/aromatic N) is 3. The van der Waals surface area contributed by atoms with Crippen molar-refractivity contribution in [3.63, 3.8) is 0 Å². The van der Waals surface area contributed by atoms with Crippen LogP contribution in [0, 0.1) is 0 Å². The lowest BCUT2D eigenvalue weighted by atomic mass is 10.3. The standard InChI is InChI=1S/C14H25N5S.HI/c1-5-15-14(16-9-10-20-4)17-11-12-7-6-8-13(18-12)19(2)3;/h6-8H,5,9-11H2,1-4H3,(H2,15,16,17);1H. The maximum absolute atomic E-state index is 4.56. The summed E-state index contributed by atoms with van der Waals surface area (Å²) < 4.78 is 0. The zero-order valence-electron chi connectivity index (χ0n) is 13.2. The van der Waals surface area contributed by atoms with Gasteiger partial charge in [0.1, 0.15) is 5.82 Å². The molecule has 5 nitrogen and oxygen atoms in total. The number of hydrogen-bond donors (Lipinski definition) is 2. The molecule has 0 aliphatic heterocycles. The normalized spacial score (nSPS) is 10.8. The molecule has 0 radical (unpaired) electrons. The zero-order chi connectivity index (χ0) is 14.8. The molecular weight excluding hydrogens is 397 g/mol. The molecular formula is C14H26IN5S. The van der Waals surface area contributed by atoms with Gasteiger partial charge in [-0.1, -0.05) is 6.07 Å². The van der Waals surface area contributed by atoms with Crippen molar-refractivity contribution >= 4 is 47.5 Å². The highest BCUT2D eigenvalue weighted by Gasteiger charge is 2.00. The molecule has 0 unspecified atom stereocenters. The van der Waals surface area contributed by atoms with E-state index in [-0.39, 0.29) is 24.0 Å². The van der Waals surface area contributed by atoms with Gasteiger partial charge in [-0.3, -0.25) is 0 Å². The first-order chi connectivity index (χ1) is 9.67. The van der Waals surface area contributed by atoms with E-state index in [4.69, 9.17) is 0 Å². The van der Waals surface area contributed by atoms with Crippen molar-refractivity contribution in [3.8, 4) is 0 Å². The first kappa shape index (κ1) is 20.3. The summed E-state index contributed by atoms with van der Waals surface area (Å²) in [6, 6.07) is 6.01. The predicted octanol–water partition coefficient (Wildman–Crippen LogP) is 2.18. The lowest BCUT2D eigenvalue weighted by Gasteiger charge is -2.12. The van der Waals surface area contributed by atoms with Crippen molar-refractivity contribution in [1.82, 2.24) is 15.6 Å². The largest absolute Gasteiger partial charge is 0.363 e. The molecule has 0 amide bonds. The molecule has 0 aliphatic carbocycles. The van der Waals surface area contributed by atoms with Crippen LogP contribution in [0.4, 0.5) is 5.82 Å². The molecule has 2 N–H and O–H groups in total. The van der Waals surface area contributed by atoms with Gasteiger partial charge >= 0.3 is 0 Å². The first-order valence-corrected chi connectivity index (χ1v) is 8.21. The number of aromatic nitrogens is 1. The van der Waals surface area contributed by atoms with Gasteiger partial charge in [0.25, 0.3) is 0 Å². The van der Waals surface area contributed by atoms with E-state index < -0.39 is 0 Å². The summed E-state index contributed by atoms with van der Waals surface area (Å²) in [5.41, 5.74) is 0.971. The fourth-order valence-electron chi connectivity index (χ4n) is 1.58. The van der Waals surface area contributed by atoms with Crippen molar-refractivity contribution < 1.29 is 0 Å². The maximum atomic E-state index is 4.56. The number of rotatable bonds is 7. The molecule has 1 heterocycles. The summed E-state index contributed by atoms with van der Waals surface area (Å²) in [7, 11) is 3.98. The number of pyridine rings is 1. The molecule has 21 heavy (non-hydrogen) atoms. The van der Waals surface area contributed by atoms with Gasteiger partial charge in [-0.05, 0) is 25.3 Å². The Morgan fingerprint density at radius 2 is 2.10 bits per heavy atom. The number of halogens is 1. The third-order valence-corrected chi connectivity index (χ3v) is 3.20. The molecule has 0 aliphatic rings. The van der Waals surface area contributed by atoms with Crippen LogP contribution in [-0.2, 0) is 6.54 Å². The molecule has 1 rings (SSSR count). The lowest BCUT2D eigenvalue weighted by molar-refractivity contribution is 0.836. The summed E-state index contributed by atoms with van der Waals surface area (Å²) in [6.07, 6.45) is 2.10. The minimum Gasteiger partial charge on any atom is -0.363 e. The van der Waals surface area contributed by atoms with Gasteiger partial charge in [-0.15, -0.1) is 24.0 Å². The van der Waals surface area contributed by atoms with Crippen LogP contribution >= 0.6 is 35.7 Å². The highest BCUT2D eigenvalue weighted by atomic mass is 127. The smallest absolute Gasteiger partial charge is 0.191 e. The number of guanidine groups is 1. The van der Waals surface area contributed by atoms with E-state index in [2.05, 4.69) is 33.8 Å². The van der Waals surface area contributed by atoms with Gasteiger partial charge < -0.3 is 15.5 Å². The molecule has 0 saturated carbocycles. The predicted molar refractivity (Wildman–Crippen MR) is 105 cm³/mol. The SMILES string of the molecule is CCNC(=NCc1cccc(N(C)C)n1)NCCSC.I. The van der Waals surface area contributed by atoms with E-state index in [9.17, 15) is 0 Å². The fraction of sp³-hybridized carbons (Fsp3) is 0.571. The van der Waals surface area contributed by atoms with Gasteiger partial charge in [0.05, 0.1) is 12.2 Å². The third-order valence-electron chi connectivity index (χ3n) is 2.59. The zero-order valence-corrected chi connectivity index (χ0v) is 16.4. The van der Waals surface area contributed by atoms with Crippen molar-refractivity contribution in [1.29, 1.82) is 0 Å². The van der Waals surface area contributed by atoms with Crippen LogP contribution in [0.2, 0.25) is 0 Å². The minimum atomic E-state index is 0. The van der Waals surface area contributed by atoms with E-state index >= 15 is 0 Å². The average Bonchev–Trinajstić information content (AvgIpc) is 2.45. The van der Waals surface area contributed by atoms with Gasteiger partial charge in [0, 0.05) is 32.9 Å². The molecule has 7 heteroatoms. The Morgan fingerprint density at radius 3 is 2.71 bits per heavy atom. The Hall–Kier alpha value is -0.700. The van der Waals surface area contributed by atoms with E-state index in [1.165, 1.54) is 0 Å². The van der Waals surface area contributed by atoms with Crippen molar-refractivity contribution in [2.75, 3.05) is 44.1 Å². The lowest BCUT2D eigenvalue weighted by Crippen LogP contribution is -2.38. The van der Waals surface area contributed by atoms with E-state index in [1.807, 2.05) is 49.0 Å². The van der Waals surface area contributed by atoms with Gasteiger partial charge in [-0.25, -0.2) is 9.98 Å². The number of aliphatic imine (C=N–C) groups is 1. The highest BCUT2D eigenvalue weighted by molar-refractivity contribution is 14.0. The van der Waals surface area contributed by atoms with Gasteiger partial charge in [0.15, 0.2) is 5.96 Å². The monoisotopic (exact) mass is 423 g/mol. The van der Waals surface area contributed by atoms with Crippen LogP contribution in [0.1, 0.15) is 12.6 Å². The highest BCUT2D eigenvalue weighted by Crippen LogP contribution is 2.08. The fourth-order valence-corrected chi connectivity index (χ4v) is 1.88. The van der Waals surface area contributed by atoms with Crippen LogP contribution in [0.5, 0.6) is 0 Å². The van der Waals surface area contributed by atoms with E-state index in [0.29, 0.717) is 6.54 Å². The molecule has 1 aromatic heterocycles. The summed E-state index contributed by atoms with van der Waals surface area (Å²) in [4.78, 5) is 11.1. The topological polar surface area (TPSA) is 52.6 Å². The first-order valence-electron chi connectivity index (χ1n) is 6.81. The van der Waals surface area contributed by atoms with Crippen molar-refractivity contribution in [3.05, 3.63) is 23.9 Å². The summed E-state index contributed by atoms with van der Waals surface area (Å²) >= 11 is 1.82. The Kier molecular flexibility index (Phi) is 11.5. The quantitative estimate of drug-likeness (QED) is 0.305. The van der Waals surface area contributed by atoms with Crippen molar-refractivity contribution in [2.24, 2.45) is 4.99 Å². The number of thioether (sulfide) groups is 1. The molecule has 0 fully saturated rings. The second-order valence-electron chi connectivity index (χ2n) is 4.50. The Labute approximate surface area is 149 Å². The average molecular weight is 423 g/mol. The second-order valence-corrected chi connectivity index (χ2v) is 5.48. The molecule has 0 spiro atoms. The third kappa shape index (κ3) is 8.35. The maximum Gasteiger partial charge on any atom is 0.191 e. The van der Waals surface area contributed by atoms with Crippen molar-refractivity contribution in [2.45, 2.75) is 13.5 Å². The molecule has 0 aromatic carbocycles. The summed E-state index contributed by atoms with van der Waals surface area (Å²) in [5, 5.41) is 6.55. The van der Waals surface area contributed by atoms with Crippen LogP contribution in [0.3, 0.4) is 0 Å². The number of hydrogen-bond acceptors (Lipinski definition) is 4. The molecule has 1 aromatic rings. The van der Waals surface area contributed by atoms with Gasteiger partial charge in [0.2, 0.25) is 0 Å². The summed E-state index contributed by atoms with van der Waals surface area (Å²) in [5.74, 6) is 2.87. The summed E-state index contributed by atoms with van der Waals surface area (Å²) in [6.45, 7) is 4.42. The molecule has 120 valence electrons. The Bertz CT molecular complexity index is 426. The number of anilines is 1. The Balaban J connectivity index is 0.00000400. The van der Waals surface area contributed by atoms with Crippen LogP contribution < -0.4 is 15.5 Å². The van der Waals surface area contributed by atoms with E-state index in [1.54, 1.807) is 0 Å². The molecule has 0 bridgehead atoms. The van der Waals surface area contributed by atoms with Gasteiger partial charge in [-0.2, -0.15) is 11.8 Å². The van der Waals surface area contributed by atoms with Crippen LogP contribution in [0.15, 0.2) is 23.2 Å². The molecule has 0 saturated heterocycles. The molecule has 0 atom stereocenters. The second kappa shape index (κ2) is 11.9. The van der Waals surface area contributed by atoms with E-state index in [0.717, 1.165) is 36.3 Å². The Morgan fingerprint density at radius 1 is 1.33 bits per heavy atom. The van der Waals surface area contributed by atoms with Crippen LogP contribution in [0.25, 0.3) is 0 Å². The van der Waals surface area contributed by atoms with Crippen LogP contribution in [-0.4, -0.2) is 50.1 Å². The minimum absolute atomic E-state index is 0. The number of nitrogens with one attached hydrogen (secondary N) is 2.